The lowest BCUT2D eigenvalue weighted by Crippen LogP contribution is -2.14. The molecule has 140 valence electrons. The van der Waals surface area contributed by atoms with E-state index in [2.05, 4.69) is 5.32 Å². The van der Waals surface area contributed by atoms with Crippen LogP contribution in [0.15, 0.2) is 48.0 Å². The summed E-state index contributed by atoms with van der Waals surface area (Å²) in [6.07, 6.45) is 1.38. The van der Waals surface area contributed by atoms with E-state index in [0.29, 0.717) is 28.5 Å². The van der Waals surface area contributed by atoms with E-state index in [-0.39, 0.29) is 11.7 Å². The lowest BCUT2D eigenvalue weighted by atomic mass is 10.1. The summed E-state index contributed by atoms with van der Waals surface area (Å²) in [4.78, 5) is 12.6. The number of nitriles is 1. The molecule has 0 spiro atoms. The van der Waals surface area contributed by atoms with E-state index >= 15 is 0 Å². The molecule has 2 aromatic carbocycles. The zero-order valence-electron chi connectivity index (χ0n) is 15.8. The van der Waals surface area contributed by atoms with E-state index in [9.17, 15) is 10.1 Å². The van der Waals surface area contributed by atoms with E-state index in [1.807, 2.05) is 19.9 Å². The molecule has 2 aromatic rings. The van der Waals surface area contributed by atoms with Gasteiger partial charge in [-0.3, -0.25) is 4.79 Å². The van der Waals surface area contributed by atoms with E-state index in [4.69, 9.17) is 14.2 Å². The Morgan fingerprint density at radius 1 is 1.07 bits per heavy atom. The summed E-state index contributed by atoms with van der Waals surface area (Å²) in [7, 11) is 3.05. The number of hydrogen-bond acceptors (Lipinski definition) is 5. The van der Waals surface area contributed by atoms with Gasteiger partial charge in [0, 0.05) is 5.56 Å². The lowest BCUT2D eigenvalue weighted by Gasteiger charge is -2.16. The molecule has 6 nitrogen and oxygen atoms in total. The van der Waals surface area contributed by atoms with Gasteiger partial charge in [-0.15, -0.1) is 0 Å². The van der Waals surface area contributed by atoms with Crippen LogP contribution in [0.4, 0.5) is 5.69 Å². The van der Waals surface area contributed by atoms with Crippen LogP contribution < -0.4 is 19.5 Å². The molecule has 0 fully saturated rings. The Morgan fingerprint density at radius 2 is 1.74 bits per heavy atom. The number of ether oxygens (including phenoxy) is 3. The number of para-hydroxylation sites is 3. The molecule has 2 rings (SSSR count). The van der Waals surface area contributed by atoms with Gasteiger partial charge in [-0.25, -0.2) is 0 Å². The van der Waals surface area contributed by atoms with Gasteiger partial charge in [0.15, 0.2) is 11.5 Å². The summed E-state index contributed by atoms with van der Waals surface area (Å²) in [6, 6.07) is 14.2. The number of nitrogens with one attached hydrogen (secondary N) is 1. The van der Waals surface area contributed by atoms with Gasteiger partial charge in [0.1, 0.15) is 17.4 Å². The molecule has 0 bridgehead atoms. The number of carbonyl (C=O) groups excluding carboxylic acids is 1. The van der Waals surface area contributed by atoms with Gasteiger partial charge in [-0.2, -0.15) is 5.26 Å². The predicted molar refractivity (Wildman–Crippen MR) is 104 cm³/mol. The number of amides is 1. The molecule has 6 heteroatoms. The Labute approximate surface area is 159 Å². The van der Waals surface area contributed by atoms with Crippen molar-refractivity contribution in [3.8, 4) is 23.3 Å². The quantitative estimate of drug-likeness (QED) is 0.591. The van der Waals surface area contributed by atoms with Gasteiger partial charge in [-0.05, 0) is 38.1 Å². The molecule has 0 heterocycles. The van der Waals surface area contributed by atoms with Crippen LogP contribution in [0.2, 0.25) is 0 Å². The van der Waals surface area contributed by atoms with Crippen molar-refractivity contribution in [1.29, 1.82) is 5.26 Å². The molecule has 0 atom stereocenters. The first kappa shape index (κ1) is 19.9. The van der Waals surface area contributed by atoms with Crippen molar-refractivity contribution < 1.29 is 19.0 Å². The molecule has 27 heavy (non-hydrogen) atoms. The van der Waals surface area contributed by atoms with Gasteiger partial charge < -0.3 is 19.5 Å². The van der Waals surface area contributed by atoms with Crippen LogP contribution in [0, 0.1) is 11.3 Å². The number of nitrogens with zero attached hydrogens (tertiary/aromatic N) is 1. The number of methoxy groups -OCH3 is 2. The fourth-order valence-corrected chi connectivity index (χ4v) is 2.41. The largest absolute Gasteiger partial charge is 0.495 e. The van der Waals surface area contributed by atoms with Crippen LogP contribution in [-0.4, -0.2) is 26.2 Å². The number of carbonyl (C=O) groups is 1. The topological polar surface area (TPSA) is 80.6 Å². The first-order chi connectivity index (χ1) is 13.0. The molecule has 1 amide bonds. The highest BCUT2D eigenvalue weighted by atomic mass is 16.5. The Bertz CT molecular complexity index is 882. The van der Waals surface area contributed by atoms with Gasteiger partial charge in [0.25, 0.3) is 5.91 Å². The monoisotopic (exact) mass is 366 g/mol. The standard InChI is InChI=1S/C21H22N2O4/c1-14(2)27-20-15(8-7-11-19(20)26-4)12-16(13-22)21(24)23-17-9-5-6-10-18(17)25-3/h5-12,14H,1-4H3,(H,23,24)/b16-12+. The number of hydrogen-bond donors (Lipinski definition) is 1. The fourth-order valence-electron chi connectivity index (χ4n) is 2.41. The second kappa shape index (κ2) is 9.30. The van der Waals surface area contributed by atoms with Crippen molar-refractivity contribution >= 4 is 17.7 Å². The zero-order chi connectivity index (χ0) is 19.8. The number of anilines is 1. The summed E-state index contributed by atoms with van der Waals surface area (Å²) in [5.74, 6) is 0.974. The van der Waals surface area contributed by atoms with Crippen LogP contribution in [0.3, 0.4) is 0 Å². The summed E-state index contributed by atoms with van der Waals surface area (Å²) < 4.78 is 16.4. The second-order valence-electron chi connectivity index (χ2n) is 5.87. The first-order valence-corrected chi connectivity index (χ1v) is 8.40. The molecular weight excluding hydrogens is 344 g/mol. The minimum atomic E-state index is -0.541. The highest BCUT2D eigenvalue weighted by molar-refractivity contribution is 6.10. The molecule has 0 aromatic heterocycles. The molecular formula is C21H22N2O4. The Balaban J connectivity index is 2.38. The number of rotatable bonds is 7. The van der Waals surface area contributed by atoms with Crippen molar-refractivity contribution in [1.82, 2.24) is 0 Å². The minimum absolute atomic E-state index is 0.0669. The van der Waals surface area contributed by atoms with Gasteiger partial charge in [0.2, 0.25) is 0 Å². The maximum absolute atomic E-state index is 12.6. The van der Waals surface area contributed by atoms with Crippen molar-refractivity contribution in [2.45, 2.75) is 20.0 Å². The predicted octanol–water partition coefficient (Wildman–Crippen LogP) is 4.04. The summed E-state index contributed by atoms with van der Waals surface area (Å²) in [5.41, 5.74) is 0.994. The van der Waals surface area contributed by atoms with Crippen molar-refractivity contribution in [3.63, 3.8) is 0 Å². The Hall–Kier alpha value is -3.46. The van der Waals surface area contributed by atoms with Gasteiger partial charge in [0.05, 0.1) is 26.0 Å². The van der Waals surface area contributed by atoms with E-state index in [1.165, 1.54) is 20.3 Å². The smallest absolute Gasteiger partial charge is 0.266 e. The van der Waals surface area contributed by atoms with E-state index in [1.54, 1.807) is 42.5 Å². The van der Waals surface area contributed by atoms with Crippen LogP contribution in [0.1, 0.15) is 19.4 Å². The van der Waals surface area contributed by atoms with E-state index in [0.717, 1.165) is 0 Å². The fraction of sp³-hybridized carbons (Fsp3) is 0.238. The second-order valence-corrected chi connectivity index (χ2v) is 5.87. The minimum Gasteiger partial charge on any atom is -0.495 e. The van der Waals surface area contributed by atoms with Crippen LogP contribution in [-0.2, 0) is 4.79 Å². The normalized spacial score (nSPS) is 10.9. The third-order valence-corrected chi connectivity index (χ3v) is 3.60. The molecule has 0 radical (unpaired) electrons. The van der Waals surface area contributed by atoms with Crippen LogP contribution in [0.25, 0.3) is 6.08 Å². The van der Waals surface area contributed by atoms with Crippen molar-refractivity contribution in [3.05, 3.63) is 53.6 Å². The number of benzene rings is 2. The van der Waals surface area contributed by atoms with E-state index < -0.39 is 5.91 Å². The third-order valence-electron chi connectivity index (χ3n) is 3.60. The van der Waals surface area contributed by atoms with Crippen LogP contribution in [0.5, 0.6) is 17.2 Å². The molecule has 0 saturated carbocycles. The molecule has 0 unspecified atom stereocenters. The Kier molecular flexibility index (Phi) is 6.84. The third kappa shape index (κ3) is 5.02. The summed E-state index contributed by atoms with van der Waals surface area (Å²) in [5, 5.41) is 12.2. The zero-order valence-corrected chi connectivity index (χ0v) is 15.8. The van der Waals surface area contributed by atoms with Crippen molar-refractivity contribution in [2.75, 3.05) is 19.5 Å². The first-order valence-electron chi connectivity index (χ1n) is 8.40. The highest BCUT2D eigenvalue weighted by Gasteiger charge is 2.16. The average molecular weight is 366 g/mol. The summed E-state index contributed by atoms with van der Waals surface area (Å²) >= 11 is 0. The van der Waals surface area contributed by atoms with Crippen molar-refractivity contribution in [2.24, 2.45) is 0 Å². The molecule has 0 saturated heterocycles. The lowest BCUT2D eigenvalue weighted by molar-refractivity contribution is -0.112. The molecule has 1 N–H and O–H groups in total. The SMILES string of the molecule is COc1ccccc1NC(=O)/C(C#N)=C/c1cccc(OC)c1OC(C)C. The molecule has 0 aliphatic heterocycles. The highest BCUT2D eigenvalue weighted by Crippen LogP contribution is 2.33. The Morgan fingerprint density at radius 3 is 2.37 bits per heavy atom. The maximum atomic E-state index is 12.6. The van der Waals surface area contributed by atoms with Gasteiger partial charge in [-0.1, -0.05) is 24.3 Å². The van der Waals surface area contributed by atoms with Crippen LogP contribution >= 0.6 is 0 Å². The summed E-state index contributed by atoms with van der Waals surface area (Å²) in [6.45, 7) is 3.78. The average Bonchev–Trinajstić information content (AvgIpc) is 2.66. The molecule has 0 aliphatic carbocycles. The molecule has 0 aliphatic rings. The van der Waals surface area contributed by atoms with Gasteiger partial charge >= 0.3 is 0 Å². The maximum Gasteiger partial charge on any atom is 0.266 e.